The summed E-state index contributed by atoms with van der Waals surface area (Å²) in [5.74, 6) is 0.698. The quantitative estimate of drug-likeness (QED) is 0.729. The summed E-state index contributed by atoms with van der Waals surface area (Å²) in [5, 5.41) is 3.83. The second-order valence-electron chi connectivity index (χ2n) is 7.69. The molecule has 0 spiro atoms. The Kier molecular flexibility index (Phi) is 5.32. The minimum Gasteiger partial charge on any atom is -0.464 e. The van der Waals surface area contributed by atoms with Gasteiger partial charge in [-0.3, -0.25) is 4.79 Å². The summed E-state index contributed by atoms with van der Waals surface area (Å²) in [6, 6.07) is 5.78. The first kappa shape index (κ1) is 18.5. The van der Waals surface area contributed by atoms with Gasteiger partial charge in [-0.1, -0.05) is 26.0 Å². The van der Waals surface area contributed by atoms with E-state index < -0.39 is 5.97 Å². The van der Waals surface area contributed by atoms with Gasteiger partial charge in [-0.25, -0.2) is 4.79 Å². The second-order valence-corrected chi connectivity index (χ2v) is 7.69. The summed E-state index contributed by atoms with van der Waals surface area (Å²) in [6.07, 6.45) is 1.22. The van der Waals surface area contributed by atoms with E-state index in [0.717, 1.165) is 29.6 Å². The van der Waals surface area contributed by atoms with Crippen LogP contribution in [0.2, 0.25) is 0 Å². The number of aryl methyl sites for hydroxylation is 1. The van der Waals surface area contributed by atoms with Gasteiger partial charge in [0.2, 0.25) is 0 Å². The van der Waals surface area contributed by atoms with Crippen molar-refractivity contribution in [2.24, 2.45) is 11.8 Å². The zero-order valence-corrected chi connectivity index (χ0v) is 15.9. The highest BCUT2D eigenvalue weighted by atomic mass is 16.5. The van der Waals surface area contributed by atoms with E-state index in [2.05, 4.69) is 24.1 Å². The zero-order chi connectivity index (χ0) is 18.8. The molecule has 2 heterocycles. The third kappa shape index (κ3) is 3.75. The molecule has 1 aromatic heterocycles. The highest BCUT2D eigenvalue weighted by molar-refractivity contribution is 6.12. The van der Waals surface area contributed by atoms with E-state index >= 15 is 0 Å². The van der Waals surface area contributed by atoms with Gasteiger partial charge < -0.3 is 19.9 Å². The molecule has 6 heteroatoms. The largest absolute Gasteiger partial charge is 0.464 e. The molecule has 26 heavy (non-hydrogen) atoms. The molecule has 0 unspecified atom stereocenters. The lowest BCUT2D eigenvalue weighted by atomic mass is 9.92. The van der Waals surface area contributed by atoms with Gasteiger partial charge in [-0.2, -0.15) is 0 Å². The number of hydrogen-bond acceptors (Lipinski definition) is 3. The normalized spacial score (nSPS) is 23.0. The van der Waals surface area contributed by atoms with E-state index in [4.69, 9.17) is 4.74 Å². The summed E-state index contributed by atoms with van der Waals surface area (Å²) in [7, 11) is 1.34. The van der Waals surface area contributed by atoms with Crippen molar-refractivity contribution in [1.82, 2.24) is 4.98 Å². The molecule has 0 saturated carbocycles. The predicted octanol–water partition coefficient (Wildman–Crippen LogP) is 1.76. The number of carbonyl (C=O) groups excluding carboxylic acids is 2. The number of quaternary nitrogens is 1. The molecule has 1 aliphatic rings. The van der Waals surface area contributed by atoms with Gasteiger partial charge in [0.05, 0.1) is 25.9 Å². The average Bonchev–Trinajstić information content (AvgIpc) is 2.92. The fourth-order valence-electron chi connectivity index (χ4n) is 4.28. The number of benzene rings is 1. The minimum absolute atomic E-state index is 0.0735. The van der Waals surface area contributed by atoms with Gasteiger partial charge >= 0.3 is 5.97 Å². The van der Waals surface area contributed by atoms with Crippen LogP contribution in [0, 0.1) is 18.8 Å². The minimum atomic E-state index is -0.483. The molecular weight excluding hydrogens is 330 g/mol. The number of fused-ring (bicyclic) bond motifs is 1. The van der Waals surface area contributed by atoms with Crippen molar-refractivity contribution < 1.29 is 19.2 Å². The van der Waals surface area contributed by atoms with Crippen LogP contribution in [-0.2, 0) is 9.53 Å². The average molecular weight is 358 g/mol. The van der Waals surface area contributed by atoms with Crippen LogP contribution in [0.3, 0.4) is 0 Å². The number of amides is 1. The number of methoxy groups -OCH3 is 1. The number of aromatic nitrogens is 1. The van der Waals surface area contributed by atoms with E-state index in [0.29, 0.717) is 29.8 Å². The fraction of sp³-hybridized carbons (Fsp3) is 0.500. The molecule has 3 rings (SSSR count). The van der Waals surface area contributed by atoms with Crippen LogP contribution in [0.5, 0.6) is 0 Å². The molecule has 0 bridgehead atoms. The molecule has 3 N–H and O–H groups in total. The Morgan fingerprint density at radius 3 is 2.62 bits per heavy atom. The summed E-state index contributed by atoms with van der Waals surface area (Å²) < 4.78 is 4.88. The van der Waals surface area contributed by atoms with Crippen molar-refractivity contribution in [2.45, 2.75) is 27.2 Å². The molecule has 2 atom stereocenters. The van der Waals surface area contributed by atoms with Crippen LogP contribution in [0.25, 0.3) is 10.9 Å². The third-order valence-corrected chi connectivity index (χ3v) is 5.18. The highest BCUT2D eigenvalue weighted by Crippen LogP contribution is 2.31. The zero-order valence-electron chi connectivity index (χ0n) is 15.9. The van der Waals surface area contributed by atoms with Gasteiger partial charge in [0.1, 0.15) is 5.69 Å². The molecule has 1 aromatic carbocycles. The first-order valence-electron chi connectivity index (χ1n) is 9.22. The topological polar surface area (TPSA) is 75.6 Å². The Morgan fingerprint density at radius 1 is 1.27 bits per heavy atom. The number of carbonyl (C=O) groups is 2. The number of piperidine rings is 1. The summed E-state index contributed by atoms with van der Waals surface area (Å²) >= 11 is 0. The smallest absolute Gasteiger partial charge is 0.356 e. The number of nitrogens with one attached hydrogen (secondary N) is 3. The first-order valence-corrected chi connectivity index (χ1v) is 9.22. The summed E-state index contributed by atoms with van der Waals surface area (Å²) in [6.45, 7) is 8.88. The molecule has 1 saturated heterocycles. The van der Waals surface area contributed by atoms with Crippen molar-refractivity contribution in [3.63, 3.8) is 0 Å². The molecule has 6 nitrogen and oxygen atoms in total. The SMILES string of the molecule is COC(=O)c1[nH]c2cccc(C)c2c1NC(=O)C[NH+]1C[C@H](C)C[C@@H](C)C1. The fourth-order valence-corrected chi connectivity index (χ4v) is 4.28. The Morgan fingerprint density at radius 2 is 1.96 bits per heavy atom. The lowest BCUT2D eigenvalue weighted by Crippen LogP contribution is -3.15. The number of rotatable bonds is 4. The lowest BCUT2D eigenvalue weighted by molar-refractivity contribution is -0.904. The third-order valence-electron chi connectivity index (χ3n) is 5.18. The second kappa shape index (κ2) is 7.50. The van der Waals surface area contributed by atoms with E-state index in [1.54, 1.807) is 0 Å². The van der Waals surface area contributed by atoms with E-state index in [9.17, 15) is 9.59 Å². The number of likely N-dealkylation sites (tertiary alicyclic amines) is 1. The maximum atomic E-state index is 12.7. The Labute approximate surface area is 153 Å². The molecule has 1 fully saturated rings. The van der Waals surface area contributed by atoms with Gasteiger partial charge in [-0.05, 0) is 25.0 Å². The van der Waals surface area contributed by atoms with Crippen LogP contribution in [0.15, 0.2) is 18.2 Å². The van der Waals surface area contributed by atoms with Crippen LogP contribution in [0.4, 0.5) is 5.69 Å². The Balaban J connectivity index is 1.85. The van der Waals surface area contributed by atoms with Crippen molar-refractivity contribution >= 4 is 28.5 Å². The predicted molar refractivity (Wildman–Crippen MR) is 102 cm³/mol. The Bertz CT molecular complexity index is 817. The number of esters is 1. The van der Waals surface area contributed by atoms with Crippen molar-refractivity contribution in [3.05, 3.63) is 29.5 Å². The lowest BCUT2D eigenvalue weighted by Gasteiger charge is -2.31. The number of ether oxygens (including phenoxy) is 1. The molecular formula is C20H28N3O3+. The first-order chi connectivity index (χ1) is 12.4. The van der Waals surface area contributed by atoms with Crippen molar-refractivity contribution in [1.29, 1.82) is 0 Å². The van der Waals surface area contributed by atoms with Crippen LogP contribution < -0.4 is 10.2 Å². The van der Waals surface area contributed by atoms with Crippen LogP contribution >= 0.6 is 0 Å². The van der Waals surface area contributed by atoms with Crippen molar-refractivity contribution in [3.8, 4) is 0 Å². The maximum Gasteiger partial charge on any atom is 0.356 e. The standard InChI is InChI=1S/C20H27N3O3/c1-12-8-13(2)10-23(9-12)11-16(24)22-18-17-14(3)6-5-7-15(17)21-19(18)20(25)26-4/h5-7,12-13,21H,8-11H2,1-4H3,(H,22,24)/p+1/t12-,13-/m1/s1. The molecule has 2 aromatic rings. The van der Waals surface area contributed by atoms with Gasteiger partial charge in [0, 0.05) is 22.7 Å². The number of hydrogen-bond donors (Lipinski definition) is 3. The maximum absolute atomic E-state index is 12.7. The Hall–Kier alpha value is -2.34. The molecule has 0 radical (unpaired) electrons. The molecule has 140 valence electrons. The summed E-state index contributed by atoms with van der Waals surface area (Å²) in [4.78, 5) is 29.3. The van der Waals surface area contributed by atoms with Gasteiger partial charge in [0.25, 0.3) is 5.91 Å². The number of H-pyrrole nitrogens is 1. The van der Waals surface area contributed by atoms with Gasteiger partial charge in [0.15, 0.2) is 6.54 Å². The van der Waals surface area contributed by atoms with Crippen LogP contribution in [0.1, 0.15) is 36.3 Å². The van der Waals surface area contributed by atoms with E-state index in [-0.39, 0.29) is 5.91 Å². The van der Waals surface area contributed by atoms with E-state index in [1.165, 1.54) is 18.4 Å². The van der Waals surface area contributed by atoms with Crippen LogP contribution in [-0.4, -0.2) is 43.6 Å². The summed E-state index contributed by atoms with van der Waals surface area (Å²) in [5.41, 5.74) is 2.62. The highest BCUT2D eigenvalue weighted by Gasteiger charge is 2.28. The monoisotopic (exact) mass is 358 g/mol. The molecule has 1 aliphatic heterocycles. The number of anilines is 1. The molecule has 1 amide bonds. The van der Waals surface area contributed by atoms with Crippen molar-refractivity contribution in [2.75, 3.05) is 32.1 Å². The van der Waals surface area contributed by atoms with E-state index in [1.807, 2.05) is 25.1 Å². The number of aromatic amines is 1. The molecule has 0 aliphatic carbocycles. The van der Waals surface area contributed by atoms with Gasteiger partial charge in [-0.15, -0.1) is 0 Å².